The van der Waals surface area contributed by atoms with Crippen LogP contribution in [0.25, 0.3) is 0 Å². The van der Waals surface area contributed by atoms with Crippen LogP contribution in [-0.4, -0.2) is 27.3 Å². The van der Waals surface area contributed by atoms with Crippen molar-refractivity contribution >= 4 is 22.6 Å². The first-order chi connectivity index (χ1) is 7.90. The van der Waals surface area contributed by atoms with E-state index in [0.29, 0.717) is 11.0 Å². The number of aromatic nitrogens is 2. The predicted molar refractivity (Wildman–Crippen MR) is 70.4 cm³/mol. The molecular weight excluding hydrogens is 236 g/mol. The maximum absolute atomic E-state index is 11.7. The van der Waals surface area contributed by atoms with Gasteiger partial charge in [-0.25, -0.2) is 4.98 Å². The summed E-state index contributed by atoms with van der Waals surface area (Å²) in [4.78, 5) is 16.0. The largest absolute Gasteiger partial charge is 0.352 e. The highest BCUT2D eigenvalue weighted by molar-refractivity contribution is 7.09. The third-order valence-electron chi connectivity index (χ3n) is 2.12. The highest BCUT2D eigenvalue weighted by atomic mass is 32.1. The molecule has 1 unspecified atom stereocenters. The van der Waals surface area contributed by atoms with Crippen LogP contribution in [0.5, 0.6) is 0 Å². The van der Waals surface area contributed by atoms with Gasteiger partial charge in [-0.15, -0.1) is 0 Å². The minimum atomic E-state index is -0.301. The van der Waals surface area contributed by atoms with Gasteiger partial charge < -0.3 is 10.6 Å². The quantitative estimate of drug-likeness (QED) is 0.845. The Kier molecular flexibility index (Phi) is 4.86. The number of carbonyl (C=O) groups is 1. The lowest BCUT2D eigenvalue weighted by Crippen LogP contribution is -2.40. The van der Waals surface area contributed by atoms with Gasteiger partial charge in [0.1, 0.15) is 11.9 Å². The smallest absolute Gasteiger partial charge is 0.242 e. The summed E-state index contributed by atoms with van der Waals surface area (Å²) in [5.41, 5.74) is 0. The van der Waals surface area contributed by atoms with Crippen LogP contribution in [0.15, 0.2) is 0 Å². The van der Waals surface area contributed by atoms with Crippen molar-refractivity contribution < 1.29 is 4.79 Å². The number of hydrogen-bond donors (Lipinski definition) is 2. The summed E-state index contributed by atoms with van der Waals surface area (Å²) in [5, 5.41) is 6.60. The third kappa shape index (κ3) is 4.30. The van der Waals surface area contributed by atoms with E-state index in [1.807, 2.05) is 34.6 Å². The highest BCUT2D eigenvalue weighted by Crippen LogP contribution is 2.17. The normalized spacial score (nSPS) is 12.9. The number of carbonyl (C=O) groups excluding carboxylic acids is 1. The summed E-state index contributed by atoms with van der Waals surface area (Å²) >= 11 is 1.29. The summed E-state index contributed by atoms with van der Waals surface area (Å²) < 4.78 is 4.23. The third-order valence-corrected chi connectivity index (χ3v) is 2.78. The Morgan fingerprint density at radius 2 is 1.88 bits per heavy atom. The number of anilines is 1. The van der Waals surface area contributed by atoms with Crippen LogP contribution in [0.3, 0.4) is 0 Å². The first-order valence-electron chi connectivity index (χ1n) is 5.80. The molecule has 6 heteroatoms. The molecule has 1 amide bonds. The number of rotatable bonds is 5. The number of nitrogens with zero attached hydrogens (tertiary/aromatic N) is 2. The number of amides is 1. The fourth-order valence-electron chi connectivity index (χ4n) is 1.19. The average molecular weight is 256 g/mol. The molecule has 0 saturated carbocycles. The maximum atomic E-state index is 11.7. The van der Waals surface area contributed by atoms with Crippen LogP contribution in [0.4, 0.5) is 5.13 Å². The maximum Gasteiger partial charge on any atom is 0.242 e. The van der Waals surface area contributed by atoms with E-state index in [9.17, 15) is 4.79 Å². The molecule has 0 fully saturated rings. The zero-order chi connectivity index (χ0) is 13.0. The standard InChI is InChI=1S/C11H20N4OS/c1-6(2)9-14-11(17-15-9)13-8(5)10(16)12-7(3)4/h6-8H,1-5H3,(H,12,16)(H,13,14,15). The van der Waals surface area contributed by atoms with Crippen LogP contribution in [0.1, 0.15) is 46.4 Å². The molecule has 17 heavy (non-hydrogen) atoms. The van der Waals surface area contributed by atoms with Crippen molar-refractivity contribution in [2.75, 3.05) is 5.32 Å². The minimum absolute atomic E-state index is 0.0266. The molecule has 1 heterocycles. The van der Waals surface area contributed by atoms with Gasteiger partial charge in [0, 0.05) is 23.5 Å². The van der Waals surface area contributed by atoms with Crippen LogP contribution in [-0.2, 0) is 4.79 Å². The monoisotopic (exact) mass is 256 g/mol. The Morgan fingerprint density at radius 1 is 1.24 bits per heavy atom. The fraction of sp³-hybridized carbons (Fsp3) is 0.727. The van der Waals surface area contributed by atoms with E-state index in [-0.39, 0.29) is 18.0 Å². The Hall–Kier alpha value is -1.17. The summed E-state index contributed by atoms with van der Waals surface area (Å²) in [6.45, 7) is 9.77. The topological polar surface area (TPSA) is 66.9 Å². The molecule has 0 aliphatic heterocycles. The van der Waals surface area contributed by atoms with E-state index in [1.54, 1.807) is 0 Å². The second-order valence-electron chi connectivity index (χ2n) is 4.64. The molecule has 1 aromatic rings. The van der Waals surface area contributed by atoms with E-state index in [0.717, 1.165) is 5.82 Å². The summed E-state index contributed by atoms with van der Waals surface area (Å²) in [6, 6.07) is -0.155. The first kappa shape index (κ1) is 13.9. The van der Waals surface area contributed by atoms with E-state index >= 15 is 0 Å². The number of hydrogen-bond acceptors (Lipinski definition) is 5. The van der Waals surface area contributed by atoms with Gasteiger partial charge in [0.2, 0.25) is 11.0 Å². The fourth-order valence-corrected chi connectivity index (χ4v) is 1.98. The molecule has 2 N–H and O–H groups in total. The van der Waals surface area contributed by atoms with Gasteiger partial charge in [-0.1, -0.05) is 13.8 Å². The lowest BCUT2D eigenvalue weighted by molar-refractivity contribution is -0.122. The SMILES string of the molecule is CC(C)NC(=O)C(C)Nc1nc(C(C)C)ns1. The molecule has 0 aromatic carbocycles. The number of nitrogens with one attached hydrogen (secondary N) is 2. The lowest BCUT2D eigenvalue weighted by atomic mass is 10.2. The van der Waals surface area contributed by atoms with Gasteiger partial charge in [0.25, 0.3) is 0 Å². The highest BCUT2D eigenvalue weighted by Gasteiger charge is 2.15. The summed E-state index contributed by atoms with van der Waals surface area (Å²) in [6.07, 6.45) is 0. The van der Waals surface area contributed by atoms with Gasteiger partial charge >= 0.3 is 0 Å². The van der Waals surface area contributed by atoms with Crippen molar-refractivity contribution in [1.82, 2.24) is 14.7 Å². The molecule has 1 aromatic heterocycles. The van der Waals surface area contributed by atoms with Gasteiger partial charge in [-0.05, 0) is 20.8 Å². The Bertz CT molecular complexity index is 375. The van der Waals surface area contributed by atoms with Crippen molar-refractivity contribution in [2.45, 2.75) is 52.6 Å². The molecule has 0 spiro atoms. The van der Waals surface area contributed by atoms with Crippen molar-refractivity contribution in [1.29, 1.82) is 0 Å². The Morgan fingerprint density at radius 3 is 2.35 bits per heavy atom. The molecule has 0 bridgehead atoms. The molecule has 5 nitrogen and oxygen atoms in total. The van der Waals surface area contributed by atoms with Crippen LogP contribution in [0, 0.1) is 0 Å². The van der Waals surface area contributed by atoms with E-state index in [1.165, 1.54) is 11.5 Å². The van der Waals surface area contributed by atoms with Gasteiger partial charge in [-0.3, -0.25) is 4.79 Å². The molecule has 96 valence electrons. The minimum Gasteiger partial charge on any atom is -0.352 e. The van der Waals surface area contributed by atoms with Crippen molar-refractivity contribution in [3.8, 4) is 0 Å². The lowest BCUT2D eigenvalue weighted by Gasteiger charge is -2.14. The van der Waals surface area contributed by atoms with Crippen LogP contribution >= 0.6 is 11.5 Å². The average Bonchev–Trinajstić information content (AvgIpc) is 2.65. The van der Waals surface area contributed by atoms with E-state index in [2.05, 4.69) is 20.0 Å². The van der Waals surface area contributed by atoms with Crippen molar-refractivity contribution in [2.24, 2.45) is 0 Å². The molecular formula is C11H20N4OS. The molecule has 0 aliphatic carbocycles. The Labute approximate surface area is 106 Å². The predicted octanol–water partition coefficient (Wildman–Crippen LogP) is 1.99. The van der Waals surface area contributed by atoms with E-state index in [4.69, 9.17) is 0 Å². The molecule has 0 radical (unpaired) electrons. The Balaban J connectivity index is 2.55. The van der Waals surface area contributed by atoms with Gasteiger partial charge in [-0.2, -0.15) is 4.37 Å². The molecule has 1 atom stereocenters. The molecule has 1 rings (SSSR count). The zero-order valence-corrected chi connectivity index (χ0v) is 11.8. The second kappa shape index (κ2) is 5.95. The van der Waals surface area contributed by atoms with Crippen LogP contribution in [0.2, 0.25) is 0 Å². The summed E-state index contributed by atoms with van der Waals surface area (Å²) in [7, 11) is 0. The zero-order valence-electron chi connectivity index (χ0n) is 10.9. The van der Waals surface area contributed by atoms with Crippen molar-refractivity contribution in [3.63, 3.8) is 0 Å². The van der Waals surface area contributed by atoms with Crippen molar-refractivity contribution in [3.05, 3.63) is 5.82 Å². The second-order valence-corrected chi connectivity index (χ2v) is 5.39. The molecule has 0 aliphatic rings. The van der Waals surface area contributed by atoms with Crippen LogP contribution < -0.4 is 10.6 Å². The van der Waals surface area contributed by atoms with Gasteiger partial charge in [0.05, 0.1) is 0 Å². The summed E-state index contributed by atoms with van der Waals surface area (Å²) in [5.74, 6) is 1.09. The van der Waals surface area contributed by atoms with Gasteiger partial charge in [0.15, 0.2) is 0 Å². The molecule has 0 saturated heterocycles. The van der Waals surface area contributed by atoms with E-state index < -0.39 is 0 Å². The first-order valence-corrected chi connectivity index (χ1v) is 6.58.